The molecule has 0 aliphatic rings. The monoisotopic (exact) mass is 270 g/mol. The van der Waals surface area contributed by atoms with E-state index in [0.29, 0.717) is 18.0 Å². The SMILES string of the molecule is C=N/C(=C\C(=C)N)c1cncc2c1ccn2CCOC. The van der Waals surface area contributed by atoms with Gasteiger partial charge in [0.15, 0.2) is 0 Å². The number of nitrogens with two attached hydrogens (primary N) is 1. The zero-order valence-corrected chi connectivity index (χ0v) is 11.5. The first-order valence-corrected chi connectivity index (χ1v) is 6.22. The molecule has 104 valence electrons. The molecule has 5 nitrogen and oxygen atoms in total. The van der Waals surface area contributed by atoms with Crippen molar-refractivity contribution < 1.29 is 4.74 Å². The Labute approximate surface area is 118 Å². The zero-order chi connectivity index (χ0) is 14.5. The molecule has 0 radical (unpaired) electrons. The number of aliphatic imine (C=N–C) groups is 1. The van der Waals surface area contributed by atoms with E-state index in [9.17, 15) is 0 Å². The fraction of sp³-hybridized carbons (Fsp3) is 0.200. The molecule has 2 aromatic heterocycles. The van der Waals surface area contributed by atoms with Crippen molar-refractivity contribution >= 4 is 23.3 Å². The standard InChI is InChI=1S/C15H18N4O/c1-11(16)8-14(17-2)13-9-18-10-15-12(13)4-5-19(15)6-7-20-3/h4-5,8-10H,1-2,6-7,16H2,3H3/b14-8-. The van der Waals surface area contributed by atoms with E-state index in [1.807, 2.05) is 18.5 Å². The van der Waals surface area contributed by atoms with Gasteiger partial charge in [0.1, 0.15) is 0 Å². The molecule has 5 heteroatoms. The summed E-state index contributed by atoms with van der Waals surface area (Å²) in [5.74, 6) is 0. The number of nitrogens with zero attached hydrogens (tertiary/aromatic N) is 3. The second-order valence-electron chi connectivity index (χ2n) is 4.38. The number of methoxy groups -OCH3 is 1. The van der Waals surface area contributed by atoms with Gasteiger partial charge in [0.2, 0.25) is 0 Å². The van der Waals surface area contributed by atoms with Crippen molar-refractivity contribution in [2.45, 2.75) is 6.54 Å². The van der Waals surface area contributed by atoms with Crippen LogP contribution < -0.4 is 5.73 Å². The van der Waals surface area contributed by atoms with E-state index in [0.717, 1.165) is 23.0 Å². The van der Waals surface area contributed by atoms with Crippen LogP contribution in [-0.2, 0) is 11.3 Å². The molecule has 0 aromatic carbocycles. The molecule has 0 atom stereocenters. The molecule has 0 unspecified atom stereocenters. The summed E-state index contributed by atoms with van der Waals surface area (Å²) in [6, 6.07) is 2.03. The van der Waals surface area contributed by atoms with E-state index in [4.69, 9.17) is 10.5 Å². The van der Waals surface area contributed by atoms with E-state index in [1.165, 1.54) is 0 Å². The predicted molar refractivity (Wildman–Crippen MR) is 82.5 cm³/mol. The Kier molecular flexibility index (Phi) is 4.32. The van der Waals surface area contributed by atoms with Crippen LogP contribution in [0.4, 0.5) is 0 Å². The van der Waals surface area contributed by atoms with Crippen molar-refractivity contribution in [1.29, 1.82) is 0 Å². The van der Waals surface area contributed by atoms with Crippen LogP contribution in [0.1, 0.15) is 5.56 Å². The molecule has 2 rings (SSSR count). The lowest BCUT2D eigenvalue weighted by molar-refractivity contribution is 0.188. The van der Waals surface area contributed by atoms with Crippen LogP contribution in [0.5, 0.6) is 0 Å². The molecule has 0 saturated carbocycles. The lowest BCUT2D eigenvalue weighted by Gasteiger charge is -2.07. The van der Waals surface area contributed by atoms with E-state index < -0.39 is 0 Å². The average Bonchev–Trinajstić information content (AvgIpc) is 2.85. The molecule has 0 fully saturated rings. The first-order chi connectivity index (χ1) is 9.67. The first-order valence-electron chi connectivity index (χ1n) is 6.22. The summed E-state index contributed by atoms with van der Waals surface area (Å²) in [5, 5.41) is 1.05. The molecular weight excluding hydrogens is 252 g/mol. The number of ether oxygens (including phenoxy) is 1. The Morgan fingerprint density at radius 3 is 3.00 bits per heavy atom. The predicted octanol–water partition coefficient (Wildman–Crippen LogP) is 2.20. The van der Waals surface area contributed by atoms with Gasteiger partial charge in [-0.25, -0.2) is 0 Å². The maximum absolute atomic E-state index is 5.62. The second-order valence-corrected chi connectivity index (χ2v) is 4.38. The summed E-state index contributed by atoms with van der Waals surface area (Å²) >= 11 is 0. The van der Waals surface area contributed by atoms with Crippen LogP contribution in [0.2, 0.25) is 0 Å². The van der Waals surface area contributed by atoms with E-state index in [-0.39, 0.29) is 0 Å². The number of aromatic nitrogens is 2. The molecule has 2 aromatic rings. The third kappa shape index (κ3) is 2.78. The maximum atomic E-state index is 5.62. The minimum absolute atomic E-state index is 0.434. The van der Waals surface area contributed by atoms with Gasteiger partial charge in [0.25, 0.3) is 0 Å². The fourth-order valence-corrected chi connectivity index (χ4v) is 2.08. The zero-order valence-electron chi connectivity index (χ0n) is 11.5. The molecule has 2 heterocycles. The number of rotatable bonds is 6. The highest BCUT2D eigenvalue weighted by Gasteiger charge is 2.09. The molecular formula is C15H18N4O. The van der Waals surface area contributed by atoms with Gasteiger partial charge in [-0.15, -0.1) is 0 Å². The van der Waals surface area contributed by atoms with Crippen LogP contribution in [0, 0.1) is 0 Å². The van der Waals surface area contributed by atoms with Gasteiger partial charge in [-0.2, -0.15) is 0 Å². The van der Waals surface area contributed by atoms with Gasteiger partial charge >= 0.3 is 0 Å². The van der Waals surface area contributed by atoms with Crippen molar-refractivity contribution in [2.75, 3.05) is 13.7 Å². The van der Waals surface area contributed by atoms with Crippen molar-refractivity contribution in [3.63, 3.8) is 0 Å². The van der Waals surface area contributed by atoms with Crippen LogP contribution in [0.15, 0.2) is 48.0 Å². The van der Waals surface area contributed by atoms with E-state index in [1.54, 1.807) is 19.4 Å². The van der Waals surface area contributed by atoms with Crippen LogP contribution in [-0.4, -0.2) is 30.0 Å². The largest absolute Gasteiger partial charge is 0.399 e. The average molecular weight is 270 g/mol. The van der Waals surface area contributed by atoms with Gasteiger partial charge in [0.05, 0.1) is 24.0 Å². The molecule has 2 N–H and O–H groups in total. The van der Waals surface area contributed by atoms with Gasteiger partial charge < -0.3 is 15.0 Å². The van der Waals surface area contributed by atoms with Crippen molar-refractivity contribution in [3.8, 4) is 0 Å². The van der Waals surface area contributed by atoms with Gasteiger partial charge in [-0.1, -0.05) is 6.58 Å². The van der Waals surface area contributed by atoms with Gasteiger partial charge in [-0.3, -0.25) is 9.98 Å². The summed E-state index contributed by atoms with van der Waals surface area (Å²) < 4.78 is 7.20. The normalized spacial score (nSPS) is 11.8. The van der Waals surface area contributed by atoms with Crippen molar-refractivity contribution in [1.82, 2.24) is 9.55 Å². The number of hydrogen-bond donors (Lipinski definition) is 1. The van der Waals surface area contributed by atoms with Gasteiger partial charge in [-0.05, 0) is 18.9 Å². The lowest BCUT2D eigenvalue weighted by Crippen LogP contribution is -2.02. The smallest absolute Gasteiger partial charge is 0.0737 e. The highest BCUT2D eigenvalue weighted by atomic mass is 16.5. The topological polar surface area (TPSA) is 65.4 Å². The number of pyridine rings is 1. The minimum Gasteiger partial charge on any atom is -0.399 e. The van der Waals surface area contributed by atoms with E-state index in [2.05, 4.69) is 27.8 Å². The Balaban J connectivity index is 2.52. The van der Waals surface area contributed by atoms with Crippen molar-refractivity contribution in [3.05, 3.63) is 48.6 Å². The number of hydrogen-bond acceptors (Lipinski definition) is 4. The molecule has 0 saturated heterocycles. The third-order valence-corrected chi connectivity index (χ3v) is 3.00. The fourth-order valence-electron chi connectivity index (χ4n) is 2.08. The molecule has 0 aliphatic carbocycles. The Morgan fingerprint density at radius 2 is 2.35 bits per heavy atom. The highest BCUT2D eigenvalue weighted by molar-refractivity contribution is 5.92. The minimum atomic E-state index is 0.434. The Hall–Kier alpha value is -2.40. The second kappa shape index (κ2) is 6.16. The van der Waals surface area contributed by atoms with Crippen LogP contribution in [0.25, 0.3) is 16.6 Å². The molecule has 0 amide bonds. The summed E-state index contributed by atoms with van der Waals surface area (Å²) in [6.45, 7) is 8.67. The molecule has 0 bridgehead atoms. The molecule has 0 spiro atoms. The quantitative estimate of drug-likeness (QED) is 0.646. The lowest BCUT2D eigenvalue weighted by atomic mass is 10.1. The number of fused-ring (bicyclic) bond motifs is 1. The van der Waals surface area contributed by atoms with Crippen LogP contribution in [0.3, 0.4) is 0 Å². The Morgan fingerprint density at radius 1 is 1.55 bits per heavy atom. The maximum Gasteiger partial charge on any atom is 0.0737 e. The molecule has 20 heavy (non-hydrogen) atoms. The number of allylic oxidation sites excluding steroid dienone is 1. The first kappa shape index (κ1) is 14.0. The third-order valence-electron chi connectivity index (χ3n) is 3.00. The van der Waals surface area contributed by atoms with Crippen LogP contribution >= 0.6 is 0 Å². The summed E-state index contributed by atoms with van der Waals surface area (Å²) in [6.07, 6.45) is 7.28. The highest BCUT2D eigenvalue weighted by Crippen LogP contribution is 2.26. The van der Waals surface area contributed by atoms with E-state index >= 15 is 0 Å². The molecule has 0 aliphatic heterocycles. The summed E-state index contributed by atoms with van der Waals surface area (Å²) in [5.41, 5.74) is 8.63. The summed E-state index contributed by atoms with van der Waals surface area (Å²) in [4.78, 5) is 8.29. The Bertz CT molecular complexity index is 670. The summed E-state index contributed by atoms with van der Waals surface area (Å²) in [7, 11) is 1.69. The van der Waals surface area contributed by atoms with Gasteiger partial charge in [0, 0.05) is 42.7 Å². The van der Waals surface area contributed by atoms with Crippen molar-refractivity contribution in [2.24, 2.45) is 10.7 Å².